The third-order valence-corrected chi connectivity index (χ3v) is 2.56. The van der Waals surface area contributed by atoms with Crippen molar-refractivity contribution in [3.8, 4) is 0 Å². The zero-order chi connectivity index (χ0) is 14.1. The van der Waals surface area contributed by atoms with Gasteiger partial charge in [-0.15, -0.1) is 0 Å². The topological polar surface area (TPSA) is 66.8 Å². The molecule has 0 saturated heterocycles. The van der Waals surface area contributed by atoms with Crippen LogP contribution in [0.4, 0.5) is 4.79 Å². The van der Waals surface area contributed by atoms with Crippen LogP contribution in [0.15, 0.2) is 0 Å². The third-order valence-electron chi connectivity index (χ3n) is 2.56. The Bertz CT molecular complexity index is 266. The number of nitrogens with zero attached hydrogens (tertiary/aromatic N) is 1. The van der Waals surface area contributed by atoms with Gasteiger partial charge in [-0.05, 0) is 25.7 Å². The number of hydrogen-bond donors (Lipinski definition) is 1. The molecule has 1 atom stereocenters. The number of aliphatic carboxylic acids is 1. The number of carbonyl (C=O) groups is 2. The van der Waals surface area contributed by atoms with E-state index in [0.717, 1.165) is 6.42 Å². The van der Waals surface area contributed by atoms with Crippen LogP contribution in [0.5, 0.6) is 0 Å². The predicted molar refractivity (Wildman–Crippen MR) is 69.5 cm³/mol. The first-order chi connectivity index (χ1) is 8.42. The van der Waals surface area contributed by atoms with E-state index in [2.05, 4.69) is 0 Å². The van der Waals surface area contributed by atoms with Gasteiger partial charge in [0.05, 0.1) is 13.0 Å². The maximum Gasteiger partial charge on any atom is 0.410 e. The van der Waals surface area contributed by atoms with Crippen LogP contribution in [0.25, 0.3) is 0 Å². The molecule has 0 aromatic carbocycles. The molecule has 0 saturated carbocycles. The van der Waals surface area contributed by atoms with E-state index in [9.17, 15) is 9.59 Å². The summed E-state index contributed by atoms with van der Waals surface area (Å²) in [4.78, 5) is 24.3. The fourth-order valence-electron chi connectivity index (χ4n) is 1.94. The van der Waals surface area contributed by atoms with Crippen molar-refractivity contribution in [2.45, 2.75) is 53.0 Å². The minimum absolute atomic E-state index is 0.0308. The summed E-state index contributed by atoms with van der Waals surface area (Å²) in [6.07, 6.45) is 1.01. The summed E-state index contributed by atoms with van der Waals surface area (Å²) in [5.74, 6) is -0.547. The van der Waals surface area contributed by atoms with Gasteiger partial charge < -0.3 is 14.7 Å². The van der Waals surface area contributed by atoms with Crippen LogP contribution < -0.4 is 0 Å². The van der Waals surface area contributed by atoms with Gasteiger partial charge in [0, 0.05) is 12.6 Å². The van der Waals surface area contributed by atoms with Crippen molar-refractivity contribution in [1.82, 2.24) is 4.90 Å². The molecule has 1 N–H and O–H groups in total. The Kier molecular flexibility index (Phi) is 8.16. The number of carboxylic acids is 1. The summed E-state index contributed by atoms with van der Waals surface area (Å²) in [5, 5.41) is 8.95. The highest BCUT2D eigenvalue weighted by atomic mass is 16.6. The smallest absolute Gasteiger partial charge is 0.410 e. The molecule has 0 radical (unpaired) electrons. The molecule has 0 aliphatic rings. The number of carboxylic acid groups (broad SMARTS) is 1. The zero-order valence-electron chi connectivity index (χ0n) is 11.8. The van der Waals surface area contributed by atoms with Crippen LogP contribution in [0.3, 0.4) is 0 Å². The van der Waals surface area contributed by atoms with Crippen molar-refractivity contribution in [3.63, 3.8) is 0 Å². The molecule has 18 heavy (non-hydrogen) atoms. The Hall–Kier alpha value is -1.26. The van der Waals surface area contributed by atoms with Crippen LogP contribution in [0.2, 0.25) is 0 Å². The molecule has 1 amide bonds. The highest BCUT2D eigenvalue weighted by Crippen LogP contribution is 2.17. The summed E-state index contributed by atoms with van der Waals surface area (Å²) in [6, 6.07) is -0.290. The van der Waals surface area contributed by atoms with Gasteiger partial charge >= 0.3 is 12.1 Å². The number of rotatable bonds is 8. The molecular weight excluding hydrogens is 234 g/mol. The molecule has 0 aromatic rings. The quantitative estimate of drug-likeness (QED) is 0.727. The lowest BCUT2D eigenvalue weighted by atomic mass is 9.99. The first-order valence-electron chi connectivity index (χ1n) is 6.57. The Balaban J connectivity index is 4.82. The van der Waals surface area contributed by atoms with Crippen molar-refractivity contribution in [3.05, 3.63) is 0 Å². The normalized spacial score (nSPS) is 12.3. The molecule has 0 heterocycles. The first kappa shape index (κ1) is 16.7. The molecule has 0 bridgehead atoms. The standard InChI is InChI=1S/C13H25NO4/c1-5-7-14(13(17)18-6-2)11(8-10(3)4)9-12(15)16/h10-11H,5-9H2,1-4H3,(H,15,16). The third kappa shape index (κ3) is 6.47. The second-order valence-corrected chi connectivity index (χ2v) is 4.77. The first-order valence-corrected chi connectivity index (χ1v) is 6.57. The van der Waals surface area contributed by atoms with E-state index in [1.165, 1.54) is 0 Å². The fourth-order valence-corrected chi connectivity index (χ4v) is 1.94. The van der Waals surface area contributed by atoms with Gasteiger partial charge in [0.2, 0.25) is 0 Å². The highest BCUT2D eigenvalue weighted by Gasteiger charge is 2.26. The summed E-state index contributed by atoms with van der Waals surface area (Å²) in [5.41, 5.74) is 0. The number of hydrogen-bond acceptors (Lipinski definition) is 3. The Morgan fingerprint density at radius 1 is 1.28 bits per heavy atom. The number of amides is 1. The molecular formula is C13H25NO4. The monoisotopic (exact) mass is 259 g/mol. The van der Waals surface area contributed by atoms with E-state index >= 15 is 0 Å². The molecule has 0 rings (SSSR count). The molecule has 5 heteroatoms. The van der Waals surface area contributed by atoms with Gasteiger partial charge in [0.25, 0.3) is 0 Å². The molecule has 0 aliphatic heterocycles. The lowest BCUT2D eigenvalue weighted by Gasteiger charge is -2.31. The van der Waals surface area contributed by atoms with Gasteiger partial charge in [-0.1, -0.05) is 20.8 Å². The van der Waals surface area contributed by atoms with E-state index < -0.39 is 12.1 Å². The molecule has 0 spiro atoms. The Morgan fingerprint density at radius 2 is 1.89 bits per heavy atom. The van der Waals surface area contributed by atoms with Crippen LogP contribution >= 0.6 is 0 Å². The molecule has 5 nitrogen and oxygen atoms in total. The van der Waals surface area contributed by atoms with Gasteiger partial charge in [-0.25, -0.2) is 4.79 Å². The van der Waals surface area contributed by atoms with Crippen molar-refractivity contribution < 1.29 is 19.4 Å². The molecule has 106 valence electrons. The van der Waals surface area contributed by atoms with Crippen molar-refractivity contribution in [2.75, 3.05) is 13.2 Å². The molecule has 1 unspecified atom stereocenters. The van der Waals surface area contributed by atoms with E-state index in [1.54, 1.807) is 11.8 Å². The van der Waals surface area contributed by atoms with E-state index in [4.69, 9.17) is 9.84 Å². The molecule has 0 aromatic heterocycles. The minimum Gasteiger partial charge on any atom is -0.481 e. The summed E-state index contributed by atoms with van der Waals surface area (Å²) < 4.78 is 4.99. The molecule has 0 aliphatic carbocycles. The second-order valence-electron chi connectivity index (χ2n) is 4.77. The summed E-state index contributed by atoms with van der Waals surface area (Å²) >= 11 is 0. The van der Waals surface area contributed by atoms with Crippen molar-refractivity contribution in [2.24, 2.45) is 5.92 Å². The van der Waals surface area contributed by atoms with Crippen molar-refractivity contribution in [1.29, 1.82) is 0 Å². The second kappa shape index (κ2) is 8.78. The van der Waals surface area contributed by atoms with E-state index in [1.807, 2.05) is 20.8 Å². The Labute approximate surface area is 109 Å². The van der Waals surface area contributed by atoms with Gasteiger partial charge in [-0.2, -0.15) is 0 Å². The maximum atomic E-state index is 11.8. The summed E-state index contributed by atoms with van der Waals surface area (Å²) in [6.45, 7) is 8.58. The van der Waals surface area contributed by atoms with E-state index in [0.29, 0.717) is 25.5 Å². The van der Waals surface area contributed by atoms with Crippen LogP contribution in [-0.4, -0.2) is 41.3 Å². The highest BCUT2D eigenvalue weighted by molar-refractivity contribution is 5.71. The summed E-state index contributed by atoms with van der Waals surface area (Å²) in [7, 11) is 0. The average Bonchev–Trinajstić information content (AvgIpc) is 2.23. The number of ether oxygens (including phenoxy) is 1. The van der Waals surface area contributed by atoms with Crippen LogP contribution in [0, 0.1) is 5.92 Å². The largest absolute Gasteiger partial charge is 0.481 e. The van der Waals surface area contributed by atoms with Crippen LogP contribution in [0.1, 0.15) is 47.0 Å². The van der Waals surface area contributed by atoms with Crippen LogP contribution in [-0.2, 0) is 9.53 Å². The zero-order valence-corrected chi connectivity index (χ0v) is 11.8. The molecule has 0 fully saturated rings. The van der Waals surface area contributed by atoms with Gasteiger partial charge in [0.1, 0.15) is 0 Å². The van der Waals surface area contributed by atoms with Gasteiger partial charge in [-0.3, -0.25) is 4.79 Å². The van der Waals surface area contributed by atoms with Gasteiger partial charge in [0.15, 0.2) is 0 Å². The lowest BCUT2D eigenvalue weighted by molar-refractivity contribution is -0.138. The predicted octanol–water partition coefficient (Wildman–Crippen LogP) is 2.74. The van der Waals surface area contributed by atoms with Crippen molar-refractivity contribution >= 4 is 12.1 Å². The average molecular weight is 259 g/mol. The maximum absolute atomic E-state index is 11.8. The minimum atomic E-state index is -0.883. The fraction of sp³-hybridized carbons (Fsp3) is 0.846. The van der Waals surface area contributed by atoms with E-state index in [-0.39, 0.29) is 12.5 Å². The SMILES string of the molecule is CCCN(C(=O)OCC)C(CC(=O)O)CC(C)C. The Morgan fingerprint density at radius 3 is 2.28 bits per heavy atom. The number of carbonyl (C=O) groups excluding carboxylic acids is 1. The lowest BCUT2D eigenvalue weighted by Crippen LogP contribution is -2.43.